The summed E-state index contributed by atoms with van der Waals surface area (Å²) in [6.45, 7) is 6.14. The molecular formula is C28H33Cl2NO6S. The first-order chi connectivity index (χ1) is 17.5. The van der Waals surface area contributed by atoms with E-state index in [-0.39, 0.29) is 28.8 Å². The summed E-state index contributed by atoms with van der Waals surface area (Å²) in [6.07, 6.45) is 0.00414. The van der Waals surface area contributed by atoms with Crippen LogP contribution >= 0.6 is 24.0 Å². The fourth-order valence-corrected chi connectivity index (χ4v) is 5.06. The predicted molar refractivity (Wildman–Crippen MR) is 150 cm³/mol. The highest BCUT2D eigenvalue weighted by atomic mass is 35.5. The third-order valence-corrected chi connectivity index (χ3v) is 7.69. The summed E-state index contributed by atoms with van der Waals surface area (Å²) in [7, 11) is -3.72. The fourth-order valence-electron chi connectivity index (χ4n) is 3.60. The zero-order valence-corrected chi connectivity index (χ0v) is 23.9. The maximum Gasteiger partial charge on any atom is 0.349 e. The Morgan fingerprint density at radius 2 is 1.63 bits per heavy atom. The van der Waals surface area contributed by atoms with Gasteiger partial charge in [-0.25, -0.2) is 13.2 Å². The van der Waals surface area contributed by atoms with Crippen molar-refractivity contribution in [1.29, 1.82) is 0 Å². The second kappa shape index (κ2) is 14.0. The van der Waals surface area contributed by atoms with E-state index in [9.17, 15) is 18.3 Å². The van der Waals surface area contributed by atoms with Gasteiger partial charge in [0.15, 0.2) is 5.60 Å². The third kappa shape index (κ3) is 8.44. The first-order valence-corrected chi connectivity index (χ1v) is 13.8. The minimum Gasteiger partial charge on any atom is -0.476 e. The first kappa shape index (κ1) is 31.6. The standard InChI is InChI=1S/C28H32ClNO6S.ClH/c1-4-35-27(32)28(2,3)36-23-10-14-25(15-11-23)37(33,34)24-12-8-20(9-13-24)16-17-30-19-26(31)21-6-5-7-22(29)18-21;/h5-15,18,26,30-31H,4,16-17,19H2,1-3H3;1H/t26-;/m0./s1. The number of hydrogen-bond donors (Lipinski definition) is 2. The average molecular weight is 583 g/mol. The molecule has 38 heavy (non-hydrogen) atoms. The lowest BCUT2D eigenvalue weighted by molar-refractivity contribution is -0.158. The van der Waals surface area contributed by atoms with Crippen LogP contribution in [0.25, 0.3) is 0 Å². The summed E-state index contributed by atoms with van der Waals surface area (Å²) in [5, 5.41) is 14.1. The van der Waals surface area contributed by atoms with Crippen molar-refractivity contribution < 1.29 is 27.8 Å². The highest BCUT2D eigenvalue weighted by Gasteiger charge is 2.31. The van der Waals surface area contributed by atoms with Crippen LogP contribution in [0.5, 0.6) is 5.75 Å². The van der Waals surface area contributed by atoms with Gasteiger partial charge in [-0.05, 0) is 93.4 Å². The minimum absolute atomic E-state index is 0. The highest BCUT2D eigenvalue weighted by molar-refractivity contribution is 7.91. The van der Waals surface area contributed by atoms with E-state index in [0.717, 1.165) is 11.1 Å². The van der Waals surface area contributed by atoms with Gasteiger partial charge >= 0.3 is 5.97 Å². The Morgan fingerprint density at radius 1 is 1.03 bits per heavy atom. The van der Waals surface area contributed by atoms with Gasteiger partial charge in [0.1, 0.15) is 5.75 Å². The largest absolute Gasteiger partial charge is 0.476 e. The molecule has 3 rings (SSSR count). The molecule has 0 fully saturated rings. The molecule has 0 unspecified atom stereocenters. The van der Waals surface area contributed by atoms with E-state index in [1.165, 1.54) is 24.3 Å². The molecule has 0 spiro atoms. The van der Waals surface area contributed by atoms with Crippen molar-refractivity contribution in [3.63, 3.8) is 0 Å². The van der Waals surface area contributed by atoms with Crippen LogP contribution in [0.15, 0.2) is 82.6 Å². The molecule has 0 heterocycles. The van der Waals surface area contributed by atoms with Crippen LogP contribution in [0.2, 0.25) is 5.02 Å². The summed E-state index contributed by atoms with van der Waals surface area (Å²) in [5.74, 6) is -0.139. The van der Waals surface area contributed by atoms with E-state index in [1.807, 2.05) is 6.07 Å². The predicted octanol–water partition coefficient (Wildman–Crippen LogP) is 5.18. The van der Waals surface area contributed by atoms with Gasteiger partial charge in [-0.3, -0.25) is 0 Å². The van der Waals surface area contributed by atoms with Gasteiger partial charge in [0.05, 0.1) is 22.5 Å². The summed E-state index contributed by atoms with van der Waals surface area (Å²) >= 11 is 5.97. The molecule has 206 valence electrons. The normalized spacial score (nSPS) is 12.3. The summed E-state index contributed by atoms with van der Waals surface area (Å²) in [5.41, 5.74) is 0.513. The van der Waals surface area contributed by atoms with E-state index in [2.05, 4.69) is 5.32 Å². The van der Waals surface area contributed by atoms with Gasteiger partial charge in [-0.15, -0.1) is 12.4 Å². The van der Waals surface area contributed by atoms with Crippen LogP contribution in [-0.4, -0.2) is 44.8 Å². The van der Waals surface area contributed by atoms with Crippen molar-refractivity contribution in [3.05, 3.63) is 88.9 Å². The first-order valence-electron chi connectivity index (χ1n) is 12.0. The van der Waals surface area contributed by atoms with Crippen LogP contribution < -0.4 is 10.1 Å². The number of carbonyl (C=O) groups is 1. The Bertz CT molecular complexity index is 1300. The van der Waals surface area contributed by atoms with E-state index < -0.39 is 27.5 Å². The summed E-state index contributed by atoms with van der Waals surface area (Å²) < 4.78 is 36.8. The zero-order chi connectivity index (χ0) is 27.1. The number of carbonyl (C=O) groups excluding carboxylic acids is 1. The van der Waals surface area contributed by atoms with Crippen molar-refractivity contribution in [3.8, 4) is 5.75 Å². The Balaban J connectivity index is 0.00000507. The van der Waals surface area contributed by atoms with Crippen LogP contribution in [0.1, 0.15) is 38.0 Å². The van der Waals surface area contributed by atoms with Gasteiger partial charge in [0.25, 0.3) is 0 Å². The lowest BCUT2D eigenvalue weighted by Gasteiger charge is -2.24. The molecule has 0 saturated heterocycles. The molecule has 0 saturated carbocycles. The van der Waals surface area contributed by atoms with Crippen molar-refractivity contribution >= 4 is 39.8 Å². The number of ether oxygens (including phenoxy) is 2. The van der Waals surface area contributed by atoms with E-state index in [4.69, 9.17) is 21.1 Å². The van der Waals surface area contributed by atoms with Gasteiger partial charge in [-0.2, -0.15) is 0 Å². The SMILES string of the molecule is CCOC(=O)C(C)(C)Oc1ccc(S(=O)(=O)c2ccc(CCNC[C@H](O)c3cccc(Cl)c3)cc2)cc1.Cl. The average Bonchev–Trinajstić information content (AvgIpc) is 2.87. The molecule has 0 amide bonds. The Kier molecular flexibility index (Phi) is 11.6. The molecule has 1 atom stereocenters. The van der Waals surface area contributed by atoms with E-state index in [0.29, 0.717) is 30.3 Å². The molecule has 0 aliphatic carbocycles. The Labute approximate surface area is 235 Å². The van der Waals surface area contributed by atoms with Gasteiger partial charge < -0.3 is 19.9 Å². The number of hydrogen-bond acceptors (Lipinski definition) is 7. The second-order valence-corrected chi connectivity index (χ2v) is 11.4. The van der Waals surface area contributed by atoms with E-state index >= 15 is 0 Å². The van der Waals surface area contributed by atoms with Crippen LogP contribution in [0, 0.1) is 0 Å². The highest BCUT2D eigenvalue weighted by Crippen LogP contribution is 2.26. The number of rotatable bonds is 12. The number of benzene rings is 3. The summed E-state index contributed by atoms with van der Waals surface area (Å²) in [4.78, 5) is 12.3. The minimum atomic E-state index is -3.72. The molecule has 2 N–H and O–H groups in total. The lowest BCUT2D eigenvalue weighted by atomic mass is 10.1. The van der Waals surface area contributed by atoms with Crippen LogP contribution in [0.3, 0.4) is 0 Å². The summed E-state index contributed by atoms with van der Waals surface area (Å²) in [6, 6.07) is 19.8. The van der Waals surface area contributed by atoms with Crippen molar-refractivity contribution in [2.45, 2.75) is 48.7 Å². The van der Waals surface area contributed by atoms with Crippen LogP contribution in [-0.2, 0) is 25.8 Å². The lowest BCUT2D eigenvalue weighted by Crippen LogP contribution is -2.39. The topological polar surface area (TPSA) is 102 Å². The van der Waals surface area contributed by atoms with Gasteiger partial charge in [-0.1, -0.05) is 35.9 Å². The molecule has 0 bridgehead atoms. The van der Waals surface area contributed by atoms with Crippen LogP contribution in [0.4, 0.5) is 0 Å². The molecule has 0 aliphatic rings. The molecule has 0 radical (unpaired) electrons. The monoisotopic (exact) mass is 581 g/mol. The number of aliphatic hydroxyl groups is 1. The molecule has 3 aromatic rings. The van der Waals surface area contributed by atoms with Crippen molar-refractivity contribution in [2.75, 3.05) is 19.7 Å². The Morgan fingerprint density at radius 3 is 2.21 bits per heavy atom. The van der Waals surface area contributed by atoms with Gasteiger partial charge in [0, 0.05) is 11.6 Å². The maximum atomic E-state index is 13.1. The van der Waals surface area contributed by atoms with Gasteiger partial charge in [0.2, 0.25) is 9.84 Å². The smallest absolute Gasteiger partial charge is 0.349 e. The molecule has 3 aromatic carbocycles. The molecular weight excluding hydrogens is 549 g/mol. The molecule has 7 nitrogen and oxygen atoms in total. The number of aliphatic hydroxyl groups excluding tert-OH is 1. The number of sulfone groups is 1. The number of esters is 1. The second-order valence-electron chi connectivity index (χ2n) is 8.98. The maximum absolute atomic E-state index is 13.1. The molecule has 10 heteroatoms. The van der Waals surface area contributed by atoms with Crippen molar-refractivity contribution in [2.24, 2.45) is 0 Å². The fraction of sp³-hybridized carbons (Fsp3) is 0.321. The number of nitrogens with one attached hydrogen (secondary N) is 1. The Hall–Kier alpha value is -2.62. The molecule has 0 aromatic heterocycles. The third-order valence-electron chi connectivity index (χ3n) is 5.67. The molecule has 0 aliphatic heterocycles. The van der Waals surface area contributed by atoms with Crippen molar-refractivity contribution in [1.82, 2.24) is 5.32 Å². The van der Waals surface area contributed by atoms with E-state index in [1.54, 1.807) is 63.2 Å². The zero-order valence-electron chi connectivity index (χ0n) is 21.5. The quantitative estimate of drug-likeness (QED) is 0.224. The number of halogens is 2.